The van der Waals surface area contributed by atoms with Crippen LogP contribution in [0.4, 0.5) is 26.3 Å². The van der Waals surface area contributed by atoms with Crippen molar-refractivity contribution in [3.05, 3.63) is 0 Å². The Hall–Kier alpha value is -0.500. The van der Waals surface area contributed by atoms with E-state index in [1.54, 1.807) is 0 Å². The third kappa shape index (κ3) is 2.75. The van der Waals surface area contributed by atoms with Gasteiger partial charge in [-0.2, -0.15) is 26.3 Å². The van der Waals surface area contributed by atoms with Crippen molar-refractivity contribution in [1.29, 1.82) is 0 Å². The fourth-order valence-corrected chi connectivity index (χ4v) is 0.811. The van der Waals surface area contributed by atoms with E-state index >= 15 is 0 Å². The van der Waals surface area contributed by atoms with Gasteiger partial charge in [0.15, 0.2) is 0 Å². The summed E-state index contributed by atoms with van der Waals surface area (Å²) in [5, 5.41) is 0. The zero-order valence-corrected chi connectivity index (χ0v) is 8.00. The molecule has 0 saturated heterocycles. The van der Waals surface area contributed by atoms with Crippen LogP contribution in [0.2, 0.25) is 0 Å². The summed E-state index contributed by atoms with van der Waals surface area (Å²) < 4.78 is 83.4. The van der Waals surface area contributed by atoms with Crippen LogP contribution in [0.15, 0.2) is 0 Å². The second kappa shape index (κ2) is 4.56. The van der Waals surface area contributed by atoms with Gasteiger partial charge in [0, 0.05) is 14.2 Å². The minimum Gasteiger partial charge on any atom is -0.378 e. The Morgan fingerprint density at radius 1 is 0.733 bits per heavy atom. The predicted octanol–water partition coefficient (Wildman–Crippen LogP) is 2.19. The molecule has 0 amide bonds. The molecule has 0 fully saturated rings. The van der Waals surface area contributed by atoms with Gasteiger partial charge >= 0.3 is 17.8 Å². The summed E-state index contributed by atoms with van der Waals surface area (Å²) in [5.41, 5.74) is 0. The van der Waals surface area contributed by atoms with Crippen LogP contribution in [0.25, 0.3) is 0 Å². The number of halogens is 6. The zero-order chi connectivity index (χ0) is 12.3. The molecular formula is C7H10F6O2. The quantitative estimate of drug-likeness (QED) is 0.662. The molecule has 0 aromatic rings. The van der Waals surface area contributed by atoms with Crippen molar-refractivity contribution >= 4 is 0 Å². The lowest BCUT2D eigenvalue weighted by Crippen LogP contribution is -2.57. The third-order valence-corrected chi connectivity index (χ3v) is 1.57. The molecule has 0 heterocycles. The SMILES string of the molecule is COCC(F)(F)C(F)(F)C(F)(F)COC. The first kappa shape index (κ1) is 14.5. The third-order valence-electron chi connectivity index (χ3n) is 1.57. The Kier molecular flexibility index (Phi) is 4.41. The summed E-state index contributed by atoms with van der Waals surface area (Å²) >= 11 is 0. The Balaban J connectivity index is 4.93. The molecule has 8 heteroatoms. The van der Waals surface area contributed by atoms with E-state index < -0.39 is 31.0 Å². The molecule has 0 aromatic carbocycles. The number of methoxy groups -OCH3 is 2. The molecule has 0 aliphatic heterocycles. The first-order chi connectivity index (χ1) is 6.62. The van der Waals surface area contributed by atoms with Gasteiger partial charge in [-0.1, -0.05) is 0 Å². The number of alkyl halides is 6. The van der Waals surface area contributed by atoms with Gasteiger partial charge in [-0.15, -0.1) is 0 Å². The Bertz CT molecular complexity index is 186. The van der Waals surface area contributed by atoms with Gasteiger partial charge in [-0.05, 0) is 0 Å². The standard InChI is InChI=1S/C7H10F6O2/c1-14-3-5(8,9)7(12,13)6(10,11)4-15-2/h3-4H2,1-2H3. The number of ether oxygens (including phenoxy) is 2. The maximum atomic E-state index is 12.7. The van der Waals surface area contributed by atoms with Crippen molar-refractivity contribution in [1.82, 2.24) is 0 Å². The molecule has 0 radical (unpaired) electrons. The van der Waals surface area contributed by atoms with Crippen LogP contribution in [-0.2, 0) is 9.47 Å². The van der Waals surface area contributed by atoms with Gasteiger partial charge in [-0.3, -0.25) is 0 Å². The largest absolute Gasteiger partial charge is 0.378 e. The molecule has 0 N–H and O–H groups in total. The molecule has 15 heavy (non-hydrogen) atoms. The van der Waals surface area contributed by atoms with Crippen molar-refractivity contribution in [2.24, 2.45) is 0 Å². The molecule has 0 spiro atoms. The van der Waals surface area contributed by atoms with Gasteiger partial charge in [0.25, 0.3) is 0 Å². The monoisotopic (exact) mass is 240 g/mol. The fraction of sp³-hybridized carbons (Fsp3) is 1.00. The van der Waals surface area contributed by atoms with E-state index in [4.69, 9.17) is 0 Å². The van der Waals surface area contributed by atoms with E-state index in [0.717, 1.165) is 0 Å². The lowest BCUT2D eigenvalue weighted by molar-refractivity contribution is -0.326. The van der Waals surface area contributed by atoms with Crippen LogP contribution in [0.1, 0.15) is 0 Å². The Morgan fingerprint density at radius 2 is 1.00 bits per heavy atom. The van der Waals surface area contributed by atoms with Crippen LogP contribution < -0.4 is 0 Å². The molecule has 0 atom stereocenters. The molecular weight excluding hydrogens is 230 g/mol. The van der Waals surface area contributed by atoms with E-state index in [9.17, 15) is 26.3 Å². The van der Waals surface area contributed by atoms with E-state index in [1.165, 1.54) is 0 Å². The van der Waals surface area contributed by atoms with Crippen molar-refractivity contribution in [2.45, 2.75) is 17.8 Å². The van der Waals surface area contributed by atoms with Crippen LogP contribution in [0.3, 0.4) is 0 Å². The van der Waals surface area contributed by atoms with Gasteiger partial charge in [0.05, 0.1) is 0 Å². The van der Waals surface area contributed by atoms with E-state index in [0.29, 0.717) is 14.2 Å². The maximum absolute atomic E-state index is 12.7. The van der Waals surface area contributed by atoms with Gasteiger partial charge < -0.3 is 9.47 Å². The van der Waals surface area contributed by atoms with Crippen molar-refractivity contribution < 1.29 is 35.8 Å². The average Bonchev–Trinajstić information content (AvgIpc) is 2.03. The minimum atomic E-state index is -5.52. The molecule has 0 aliphatic carbocycles. The lowest BCUT2D eigenvalue weighted by atomic mass is 10.1. The van der Waals surface area contributed by atoms with Crippen LogP contribution >= 0.6 is 0 Å². The van der Waals surface area contributed by atoms with Gasteiger partial charge in [-0.25, -0.2) is 0 Å². The molecule has 0 aliphatic rings. The maximum Gasteiger partial charge on any atom is 0.376 e. The highest BCUT2D eigenvalue weighted by molar-refractivity contribution is 4.96. The Labute approximate surface area is 82.1 Å². The van der Waals surface area contributed by atoms with Crippen molar-refractivity contribution in [3.63, 3.8) is 0 Å². The number of rotatable bonds is 6. The van der Waals surface area contributed by atoms with Crippen molar-refractivity contribution in [2.75, 3.05) is 27.4 Å². The van der Waals surface area contributed by atoms with E-state index in [2.05, 4.69) is 9.47 Å². The highest BCUT2D eigenvalue weighted by Crippen LogP contribution is 2.45. The summed E-state index contributed by atoms with van der Waals surface area (Å²) in [5.74, 6) is -15.4. The topological polar surface area (TPSA) is 18.5 Å². The Morgan fingerprint density at radius 3 is 1.20 bits per heavy atom. The van der Waals surface area contributed by atoms with E-state index in [1.807, 2.05) is 0 Å². The van der Waals surface area contributed by atoms with Gasteiger partial charge in [0.2, 0.25) is 0 Å². The second-order valence-electron chi connectivity index (χ2n) is 2.85. The molecule has 2 nitrogen and oxygen atoms in total. The summed E-state index contributed by atoms with van der Waals surface area (Å²) in [6, 6.07) is 0. The molecule has 0 saturated carbocycles. The minimum absolute atomic E-state index is 0.707. The molecule has 0 rings (SSSR count). The average molecular weight is 240 g/mol. The first-order valence-corrected chi connectivity index (χ1v) is 3.73. The number of hydrogen-bond acceptors (Lipinski definition) is 2. The second-order valence-corrected chi connectivity index (χ2v) is 2.85. The molecule has 92 valence electrons. The highest BCUT2D eigenvalue weighted by Gasteiger charge is 2.71. The smallest absolute Gasteiger partial charge is 0.376 e. The highest BCUT2D eigenvalue weighted by atomic mass is 19.3. The summed E-state index contributed by atoms with van der Waals surface area (Å²) in [6.45, 7) is -3.58. The zero-order valence-electron chi connectivity index (χ0n) is 8.00. The van der Waals surface area contributed by atoms with Gasteiger partial charge in [0.1, 0.15) is 13.2 Å². The molecule has 0 unspecified atom stereocenters. The van der Waals surface area contributed by atoms with Crippen LogP contribution in [0, 0.1) is 0 Å². The lowest BCUT2D eigenvalue weighted by Gasteiger charge is -2.31. The molecule has 0 bridgehead atoms. The number of hydrogen-bond donors (Lipinski definition) is 0. The summed E-state index contributed by atoms with van der Waals surface area (Å²) in [4.78, 5) is 0. The summed E-state index contributed by atoms with van der Waals surface area (Å²) in [7, 11) is 1.41. The van der Waals surface area contributed by atoms with E-state index in [-0.39, 0.29) is 0 Å². The first-order valence-electron chi connectivity index (χ1n) is 3.73. The van der Waals surface area contributed by atoms with Crippen LogP contribution in [-0.4, -0.2) is 45.2 Å². The summed E-state index contributed by atoms with van der Waals surface area (Å²) in [6.07, 6.45) is 0. The normalized spacial score (nSPS) is 14.4. The van der Waals surface area contributed by atoms with Crippen LogP contribution in [0.5, 0.6) is 0 Å². The molecule has 0 aromatic heterocycles. The fourth-order valence-electron chi connectivity index (χ4n) is 0.811. The van der Waals surface area contributed by atoms with Crippen molar-refractivity contribution in [3.8, 4) is 0 Å². The predicted molar refractivity (Wildman–Crippen MR) is 38.6 cm³/mol.